The van der Waals surface area contributed by atoms with Crippen molar-refractivity contribution in [2.45, 2.75) is 26.2 Å². The lowest BCUT2D eigenvalue weighted by Gasteiger charge is -2.20. The van der Waals surface area contributed by atoms with E-state index in [1.54, 1.807) is 0 Å². The monoisotopic (exact) mass is 213 g/mol. The quantitative estimate of drug-likeness (QED) is 0.675. The fourth-order valence-electron chi connectivity index (χ4n) is 2.16. The van der Waals surface area contributed by atoms with Crippen LogP contribution in [0.1, 0.15) is 26.5 Å². The smallest absolute Gasteiger partial charge is 0.0480 e. The van der Waals surface area contributed by atoms with Gasteiger partial charge in [0.25, 0.3) is 0 Å². The number of hydrogen-bond donors (Lipinski definition) is 0. The van der Waals surface area contributed by atoms with Crippen LogP contribution < -0.4 is 0 Å². The molecular weight excluding hydrogens is 194 g/mol. The van der Waals surface area contributed by atoms with Crippen molar-refractivity contribution in [1.82, 2.24) is 4.57 Å². The molecule has 1 heterocycles. The zero-order chi connectivity index (χ0) is 11.8. The number of nitrogens with zero attached hydrogens (tertiary/aromatic N) is 1. The summed E-state index contributed by atoms with van der Waals surface area (Å²) in [6.45, 7) is 6.74. The molecule has 16 heavy (non-hydrogen) atoms. The van der Waals surface area contributed by atoms with Gasteiger partial charge in [-0.15, -0.1) is 0 Å². The zero-order valence-corrected chi connectivity index (χ0v) is 10.5. The van der Waals surface area contributed by atoms with Crippen LogP contribution in [-0.4, -0.2) is 4.57 Å². The Morgan fingerprint density at radius 1 is 0.875 bits per heavy atom. The minimum absolute atomic E-state index is 0.196. The Balaban J connectivity index is 2.50. The van der Waals surface area contributed by atoms with Crippen LogP contribution in [0.25, 0.3) is 11.3 Å². The average Bonchev–Trinajstić information content (AvgIpc) is 2.61. The van der Waals surface area contributed by atoms with E-state index in [0.29, 0.717) is 0 Å². The molecule has 2 rings (SSSR count). The summed E-state index contributed by atoms with van der Waals surface area (Å²) >= 11 is 0. The van der Waals surface area contributed by atoms with Crippen LogP contribution in [0.5, 0.6) is 0 Å². The van der Waals surface area contributed by atoms with Crippen LogP contribution in [0, 0.1) is 0 Å². The van der Waals surface area contributed by atoms with Crippen LogP contribution in [0.3, 0.4) is 0 Å². The van der Waals surface area contributed by atoms with Crippen LogP contribution in [-0.2, 0) is 12.5 Å². The van der Waals surface area contributed by atoms with Gasteiger partial charge in [0.1, 0.15) is 0 Å². The molecular formula is C15H19N. The Hall–Kier alpha value is -1.50. The van der Waals surface area contributed by atoms with Crippen molar-refractivity contribution in [2.24, 2.45) is 7.05 Å². The molecule has 2 aromatic rings. The molecule has 0 aliphatic heterocycles. The van der Waals surface area contributed by atoms with E-state index in [4.69, 9.17) is 0 Å². The lowest BCUT2D eigenvalue weighted by Crippen LogP contribution is -2.16. The molecule has 0 radical (unpaired) electrons. The van der Waals surface area contributed by atoms with Crippen molar-refractivity contribution in [3.05, 3.63) is 48.2 Å². The highest BCUT2D eigenvalue weighted by Crippen LogP contribution is 2.28. The predicted octanol–water partition coefficient (Wildman–Crippen LogP) is 3.99. The summed E-state index contributed by atoms with van der Waals surface area (Å²) in [5.41, 5.74) is 4.12. The molecule has 84 valence electrons. The number of benzene rings is 1. The van der Waals surface area contributed by atoms with Gasteiger partial charge in [0.2, 0.25) is 0 Å². The largest absolute Gasteiger partial charge is 0.347 e. The fourth-order valence-corrected chi connectivity index (χ4v) is 2.16. The molecule has 1 nitrogen and oxygen atoms in total. The van der Waals surface area contributed by atoms with E-state index < -0.39 is 0 Å². The Kier molecular flexibility index (Phi) is 2.63. The summed E-state index contributed by atoms with van der Waals surface area (Å²) in [6.07, 6.45) is 0. The van der Waals surface area contributed by atoms with Gasteiger partial charge in [0, 0.05) is 23.9 Å². The van der Waals surface area contributed by atoms with Gasteiger partial charge in [-0.05, 0) is 17.7 Å². The standard InChI is InChI=1S/C15H19N/c1-15(2,3)14-11-10-13(16(14)4)12-8-6-5-7-9-12/h5-11H,1-4H3. The maximum absolute atomic E-state index is 2.29. The maximum atomic E-state index is 2.29. The molecule has 1 heteroatoms. The van der Waals surface area contributed by atoms with Crippen LogP contribution in [0.15, 0.2) is 42.5 Å². The molecule has 0 fully saturated rings. The Morgan fingerprint density at radius 2 is 1.50 bits per heavy atom. The third kappa shape index (κ3) is 1.90. The van der Waals surface area contributed by atoms with Gasteiger partial charge in [0.05, 0.1) is 0 Å². The molecule has 0 amide bonds. The second-order valence-corrected chi connectivity index (χ2v) is 5.28. The SMILES string of the molecule is Cn1c(-c2ccccc2)ccc1C(C)(C)C. The van der Waals surface area contributed by atoms with Gasteiger partial charge in [-0.25, -0.2) is 0 Å². The van der Waals surface area contributed by atoms with Gasteiger partial charge in [-0.1, -0.05) is 51.1 Å². The molecule has 0 aliphatic rings. The first-order chi connectivity index (χ1) is 7.50. The molecule has 0 saturated carbocycles. The molecule has 1 aromatic carbocycles. The maximum Gasteiger partial charge on any atom is 0.0480 e. The van der Waals surface area contributed by atoms with Crippen molar-refractivity contribution in [1.29, 1.82) is 0 Å². The number of rotatable bonds is 1. The Labute approximate surface area is 97.7 Å². The predicted molar refractivity (Wildman–Crippen MR) is 69.5 cm³/mol. The topological polar surface area (TPSA) is 4.93 Å². The molecule has 0 unspecified atom stereocenters. The molecule has 0 atom stereocenters. The van der Waals surface area contributed by atoms with Crippen LogP contribution in [0.4, 0.5) is 0 Å². The van der Waals surface area contributed by atoms with E-state index in [2.05, 4.69) is 74.9 Å². The normalized spacial score (nSPS) is 11.8. The number of hydrogen-bond acceptors (Lipinski definition) is 0. The first kappa shape index (κ1) is 11.0. The van der Waals surface area contributed by atoms with E-state index >= 15 is 0 Å². The van der Waals surface area contributed by atoms with Crippen molar-refractivity contribution in [2.75, 3.05) is 0 Å². The molecule has 0 spiro atoms. The van der Waals surface area contributed by atoms with E-state index in [1.807, 2.05) is 0 Å². The average molecular weight is 213 g/mol. The van der Waals surface area contributed by atoms with Crippen molar-refractivity contribution >= 4 is 0 Å². The molecule has 1 aromatic heterocycles. The van der Waals surface area contributed by atoms with E-state index in [1.165, 1.54) is 17.0 Å². The summed E-state index contributed by atoms with van der Waals surface area (Å²) in [6, 6.07) is 15.0. The van der Waals surface area contributed by atoms with E-state index in [9.17, 15) is 0 Å². The van der Waals surface area contributed by atoms with Crippen molar-refractivity contribution < 1.29 is 0 Å². The molecule has 0 N–H and O–H groups in total. The number of aromatic nitrogens is 1. The van der Waals surface area contributed by atoms with Gasteiger partial charge in [-0.2, -0.15) is 0 Å². The lowest BCUT2D eigenvalue weighted by atomic mass is 9.92. The van der Waals surface area contributed by atoms with E-state index in [0.717, 1.165) is 0 Å². The minimum atomic E-state index is 0.196. The van der Waals surface area contributed by atoms with Gasteiger partial charge in [-0.3, -0.25) is 0 Å². The minimum Gasteiger partial charge on any atom is -0.347 e. The van der Waals surface area contributed by atoms with E-state index in [-0.39, 0.29) is 5.41 Å². The van der Waals surface area contributed by atoms with Gasteiger partial charge >= 0.3 is 0 Å². The summed E-state index contributed by atoms with van der Waals surface area (Å²) in [4.78, 5) is 0. The van der Waals surface area contributed by atoms with Crippen LogP contribution in [0.2, 0.25) is 0 Å². The Bertz CT molecular complexity index is 472. The molecule has 0 aliphatic carbocycles. The summed E-state index contributed by atoms with van der Waals surface area (Å²) in [5, 5.41) is 0. The van der Waals surface area contributed by atoms with Gasteiger partial charge in [0.15, 0.2) is 0 Å². The third-order valence-electron chi connectivity index (χ3n) is 2.96. The fraction of sp³-hybridized carbons (Fsp3) is 0.333. The first-order valence-electron chi connectivity index (χ1n) is 5.72. The zero-order valence-electron chi connectivity index (χ0n) is 10.5. The van der Waals surface area contributed by atoms with Gasteiger partial charge < -0.3 is 4.57 Å². The molecule has 0 bridgehead atoms. The Morgan fingerprint density at radius 3 is 2.00 bits per heavy atom. The highest BCUT2D eigenvalue weighted by molar-refractivity contribution is 5.61. The highest BCUT2D eigenvalue weighted by Gasteiger charge is 2.18. The van der Waals surface area contributed by atoms with Crippen molar-refractivity contribution in [3.63, 3.8) is 0 Å². The second-order valence-electron chi connectivity index (χ2n) is 5.28. The lowest BCUT2D eigenvalue weighted by molar-refractivity contribution is 0.544. The summed E-state index contributed by atoms with van der Waals surface area (Å²) < 4.78 is 2.29. The summed E-state index contributed by atoms with van der Waals surface area (Å²) in [7, 11) is 2.14. The molecule has 0 saturated heterocycles. The first-order valence-corrected chi connectivity index (χ1v) is 5.72. The third-order valence-corrected chi connectivity index (χ3v) is 2.96. The second kappa shape index (κ2) is 3.82. The summed E-state index contributed by atoms with van der Waals surface area (Å²) in [5.74, 6) is 0. The highest BCUT2D eigenvalue weighted by atomic mass is 15.0. The van der Waals surface area contributed by atoms with Crippen LogP contribution >= 0.6 is 0 Å². The van der Waals surface area contributed by atoms with Crippen molar-refractivity contribution in [3.8, 4) is 11.3 Å².